The largest absolute Gasteiger partial charge is 0.465 e. The first kappa shape index (κ1) is 19.5. The van der Waals surface area contributed by atoms with Gasteiger partial charge in [-0.05, 0) is 24.1 Å². The fourth-order valence-corrected chi connectivity index (χ4v) is 3.01. The first-order chi connectivity index (χ1) is 11.8. The summed E-state index contributed by atoms with van der Waals surface area (Å²) in [7, 11) is 0. The Hall–Kier alpha value is -1.79. The lowest BCUT2D eigenvalue weighted by atomic mass is 10.1. The van der Waals surface area contributed by atoms with Gasteiger partial charge in [-0.1, -0.05) is 37.0 Å². The van der Waals surface area contributed by atoms with Gasteiger partial charge in [-0.2, -0.15) is 0 Å². The molecule has 1 N–H and O–H groups in total. The molecule has 0 bridgehead atoms. The molecule has 1 fully saturated rings. The molecule has 6 nitrogen and oxygen atoms in total. The zero-order valence-electron chi connectivity index (χ0n) is 14.1. The molecule has 25 heavy (non-hydrogen) atoms. The second-order valence-corrected chi connectivity index (χ2v) is 7.12. The zero-order valence-corrected chi connectivity index (χ0v) is 15.6. The van der Waals surface area contributed by atoms with E-state index in [1.807, 2.05) is 13.8 Å². The predicted octanol–water partition coefficient (Wildman–Crippen LogP) is 2.52. The third-order valence-electron chi connectivity index (χ3n) is 3.64. The van der Waals surface area contributed by atoms with Gasteiger partial charge in [0.2, 0.25) is 5.91 Å². The normalized spacial score (nSPS) is 17.4. The van der Waals surface area contributed by atoms with Gasteiger partial charge in [0.05, 0.1) is 13.0 Å². The SMILES string of the molecule is CC(C)COC(=O)CC1C(=O)NCCN1C(=O)c1cc(Cl)cc(Cl)c1. The van der Waals surface area contributed by atoms with E-state index < -0.39 is 17.9 Å². The summed E-state index contributed by atoms with van der Waals surface area (Å²) in [5.41, 5.74) is 0.271. The lowest BCUT2D eigenvalue weighted by Crippen LogP contribution is -2.57. The van der Waals surface area contributed by atoms with E-state index in [-0.39, 0.29) is 37.0 Å². The highest BCUT2D eigenvalue weighted by molar-refractivity contribution is 6.35. The van der Waals surface area contributed by atoms with Crippen LogP contribution in [0, 0.1) is 5.92 Å². The number of carbonyl (C=O) groups is 3. The molecule has 2 amide bonds. The van der Waals surface area contributed by atoms with Crippen LogP contribution in [-0.2, 0) is 14.3 Å². The van der Waals surface area contributed by atoms with E-state index in [2.05, 4.69) is 5.32 Å². The predicted molar refractivity (Wildman–Crippen MR) is 94.7 cm³/mol. The third kappa shape index (κ3) is 5.34. The molecular weight excluding hydrogens is 367 g/mol. The molecular formula is C17H20Cl2N2O4. The summed E-state index contributed by atoms with van der Waals surface area (Å²) in [6.07, 6.45) is -0.196. The first-order valence-electron chi connectivity index (χ1n) is 7.98. The molecule has 1 saturated heterocycles. The van der Waals surface area contributed by atoms with Gasteiger partial charge in [0.15, 0.2) is 0 Å². The summed E-state index contributed by atoms with van der Waals surface area (Å²) in [6, 6.07) is 3.56. The summed E-state index contributed by atoms with van der Waals surface area (Å²) in [5.74, 6) is -1.11. The molecule has 0 aromatic heterocycles. The number of benzene rings is 1. The Kier molecular flexibility index (Phi) is 6.67. The van der Waals surface area contributed by atoms with E-state index in [1.54, 1.807) is 0 Å². The highest BCUT2D eigenvalue weighted by Crippen LogP contribution is 2.22. The van der Waals surface area contributed by atoms with Gasteiger partial charge in [0.1, 0.15) is 6.04 Å². The van der Waals surface area contributed by atoms with Crippen LogP contribution in [0.5, 0.6) is 0 Å². The van der Waals surface area contributed by atoms with Crippen LogP contribution in [0.15, 0.2) is 18.2 Å². The smallest absolute Gasteiger partial charge is 0.308 e. The van der Waals surface area contributed by atoms with Crippen molar-refractivity contribution in [1.29, 1.82) is 0 Å². The Morgan fingerprint density at radius 1 is 1.28 bits per heavy atom. The van der Waals surface area contributed by atoms with Crippen molar-refractivity contribution in [2.24, 2.45) is 5.92 Å². The standard InChI is InChI=1S/C17H20Cl2N2O4/c1-10(2)9-25-15(22)8-14-16(23)20-3-4-21(14)17(24)11-5-12(18)7-13(19)6-11/h5-7,10,14H,3-4,8-9H2,1-2H3,(H,20,23). The summed E-state index contributed by atoms with van der Waals surface area (Å²) in [5, 5.41) is 3.32. The van der Waals surface area contributed by atoms with Crippen LogP contribution in [0.25, 0.3) is 0 Å². The van der Waals surface area contributed by atoms with Gasteiger partial charge < -0.3 is 15.0 Å². The summed E-state index contributed by atoms with van der Waals surface area (Å²) >= 11 is 11.9. The molecule has 1 aliphatic heterocycles. The van der Waals surface area contributed by atoms with E-state index in [1.165, 1.54) is 23.1 Å². The van der Waals surface area contributed by atoms with Crippen LogP contribution in [-0.4, -0.2) is 48.4 Å². The number of carbonyl (C=O) groups excluding carboxylic acids is 3. The van der Waals surface area contributed by atoms with Gasteiger partial charge >= 0.3 is 5.97 Å². The lowest BCUT2D eigenvalue weighted by molar-refractivity contribution is -0.148. The van der Waals surface area contributed by atoms with Crippen molar-refractivity contribution >= 4 is 41.0 Å². The molecule has 8 heteroatoms. The Bertz CT molecular complexity index is 658. The van der Waals surface area contributed by atoms with Crippen molar-refractivity contribution < 1.29 is 19.1 Å². The average molecular weight is 387 g/mol. The summed E-state index contributed by atoms with van der Waals surface area (Å²) in [6.45, 7) is 4.71. The summed E-state index contributed by atoms with van der Waals surface area (Å²) < 4.78 is 5.13. The fourth-order valence-electron chi connectivity index (χ4n) is 2.48. The van der Waals surface area contributed by atoms with Crippen molar-refractivity contribution in [2.45, 2.75) is 26.3 Å². The van der Waals surface area contributed by atoms with E-state index in [4.69, 9.17) is 27.9 Å². The molecule has 0 saturated carbocycles. The summed E-state index contributed by atoms with van der Waals surface area (Å²) in [4.78, 5) is 38.3. The second kappa shape index (κ2) is 8.54. The Morgan fingerprint density at radius 3 is 2.52 bits per heavy atom. The van der Waals surface area contributed by atoms with E-state index in [0.717, 1.165) is 0 Å². The molecule has 1 aromatic carbocycles. The molecule has 2 rings (SSSR count). The molecule has 0 spiro atoms. The number of rotatable bonds is 5. The number of amides is 2. The van der Waals surface area contributed by atoms with Gasteiger partial charge in [-0.3, -0.25) is 14.4 Å². The highest BCUT2D eigenvalue weighted by atomic mass is 35.5. The number of esters is 1. The minimum absolute atomic E-state index is 0.190. The van der Waals surface area contributed by atoms with Crippen LogP contribution in [0.2, 0.25) is 10.0 Å². The van der Waals surface area contributed by atoms with Crippen molar-refractivity contribution in [1.82, 2.24) is 10.2 Å². The topological polar surface area (TPSA) is 75.7 Å². The number of piperazine rings is 1. The quantitative estimate of drug-likeness (QED) is 0.788. The van der Waals surface area contributed by atoms with E-state index in [9.17, 15) is 14.4 Å². The minimum atomic E-state index is -0.918. The zero-order chi connectivity index (χ0) is 18.6. The molecule has 0 radical (unpaired) electrons. The third-order valence-corrected chi connectivity index (χ3v) is 4.08. The second-order valence-electron chi connectivity index (χ2n) is 6.24. The molecule has 1 unspecified atom stereocenters. The van der Waals surface area contributed by atoms with Crippen molar-refractivity contribution in [3.05, 3.63) is 33.8 Å². The first-order valence-corrected chi connectivity index (χ1v) is 8.74. The van der Waals surface area contributed by atoms with Crippen LogP contribution < -0.4 is 5.32 Å². The number of nitrogens with one attached hydrogen (secondary N) is 1. The molecule has 1 aliphatic rings. The molecule has 1 heterocycles. The average Bonchev–Trinajstić information content (AvgIpc) is 2.53. The van der Waals surface area contributed by atoms with Gasteiger partial charge in [0, 0.05) is 28.7 Å². The maximum atomic E-state index is 12.8. The molecule has 136 valence electrons. The Morgan fingerprint density at radius 2 is 1.92 bits per heavy atom. The Balaban J connectivity index is 2.16. The van der Waals surface area contributed by atoms with Crippen molar-refractivity contribution in [2.75, 3.05) is 19.7 Å². The number of ether oxygens (including phenoxy) is 1. The Labute approximate surface area is 156 Å². The fraction of sp³-hybridized carbons (Fsp3) is 0.471. The lowest BCUT2D eigenvalue weighted by Gasteiger charge is -2.34. The van der Waals surface area contributed by atoms with Gasteiger partial charge in [-0.15, -0.1) is 0 Å². The van der Waals surface area contributed by atoms with Crippen molar-refractivity contribution in [3.8, 4) is 0 Å². The molecule has 1 aromatic rings. The van der Waals surface area contributed by atoms with Gasteiger partial charge in [-0.25, -0.2) is 0 Å². The van der Waals surface area contributed by atoms with E-state index >= 15 is 0 Å². The number of hydrogen-bond donors (Lipinski definition) is 1. The highest BCUT2D eigenvalue weighted by Gasteiger charge is 2.35. The van der Waals surface area contributed by atoms with Gasteiger partial charge in [0.25, 0.3) is 5.91 Å². The molecule has 0 aliphatic carbocycles. The van der Waals surface area contributed by atoms with Crippen LogP contribution in [0.3, 0.4) is 0 Å². The number of nitrogens with zero attached hydrogens (tertiary/aromatic N) is 1. The van der Waals surface area contributed by atoms with E-state index in [0.29, 0.717) is 16.6 Å². The van der Waals surface area contributed by atoms with Crippen LogP contribution >= 0.6 is 23.2 Å². The number of halogens is 2. The minimum Gasteiger partial charge on any atom is -0.465 e. The van der Waals surface area contributed by atoms with Crippen LogP contribution in [0.1, 0.15) is 30.6 Å². The molecule has 1 atom stereocenters. The maximum absolute atomic E-state index is 12.8. The van der Waals surface area contributed by atoms with Crippen LogP contribution in [0.4, 0.5) is 0 Å². The maximum Gasteiger partial charge on any atom is 0.308 e. The van der Waals surface area contributed by atoms with Crippen molar-refractivity contribution in [3.63, 3.8) is 0 Å². The monoisotopic (exact) mass is 386 g/mol. The number of hydrogen-bond acceptors (Lipinski definition) is 4.